The highest BCUT2D eigenvalue weighted by Gasteiger charge is 2.60. The van der Waals surface area contributed by atoms with Crippen molar-refractivity contribution >= 4 is 50.4 Å². The molecular weight excluding hydrogens is 709 g/mol. The summed E-state index contributed by atoms with van der Waals surface area (Å²) in [5.74, 6) is 0.0694. The van der Waals surface area contributed by atoms with Gasteiger partial charge in [-0.1, -0.05) is 13.3 Å². The quantitative estimate of drug-likeness (QED) is 0.0463. The molecule has 1 fully saturated rings. The van der Waals surface area contributed by atoms with Crippen LogP contribution in [0, 0.1) is 5.92 Å². The van der Waals surface area contributed by atoms with E-state index in [2.05, 4.69) is 0 Å². The van der Waals surface area contributed by atoms with Gasteiger partial charge < -0.3 is 69.9 Å². The lowest BCUT2D eigenvalue weighted by Crippen LogP contribution is -2.73. The summed E-state index contributed by atoms with van der Waals surface area (Å²) in [7, 11) is -21.2. The Bertz CT molecular complexity index is 866. The van der Waals surface area contributed by atoms with Crippen molar-refractivity contribution in [2.75, 3.05) is 52.1 Å². The number of hydrogen-bond acceptors (Lipinski definition) is 15. The van der Waals surface area contributed by atoms with Gasteiger partial charge in [-0.2, -0.15) is 0 Å². The second-order valence-electron chi connectivity index (χ2n) is 14.1. The molecule has 21 heteroatoms. The van der Waals surface area contributed by atoms with E-state index in [1.807, 2.05) is 39.7 Å². The Morgan fingerprint density at radius 1 is 0.652 bits per heavy atom. The van der Waals surface area contributed by atoms with Crippen LogP contribution in [0.15, 0.2) is 0 Å². The van der Waals surface area contributed by atoms with Crippen molar-refractivity contribution < 1.29 is 69.9 Å². The van der Waals surface area contributed by atoms with Crippen LogP contribution >= 0.6 is 0 Å². The standard InChI is InChI=1S/C25H62O15Si6/c1-10-11-14-33-16-23(26)18-35-20-45(29,30)39-42(5,6)38-43(7,8)44(9,37-41(2,3)4)40-46(31,32)21-36-19-24(27)17-34-15-22-12-13-25(22)28/h22-32H,10-21H2,1-9H3. The zero-order valence-electron chi connectivity index (χ0n) is 29.2. The maximum Gasteiger partial charge on any atom is 0.513 e. The molecule has 0 bridgehead atoms. The molecule has 1 aliphatic carbocycles. The van der Waals surface area contributed by atoms with Crippen molar-refractivity contribution in [1.29, 1.82) is 0 Å². The fourth-order valence-corrected chi connectivity index (χ4v) is 37.5. The van der Waals surface area contributed by atoms with Crippen LogP contribution in [0.5, 0.6) is 0 Å². The Morgan fingerprint density at radius 3 is 1.61 bits per heavy atom. The van der Waals surface area contributed by atoms with Gasteiger partial charge in [0.1, 0.15) is 24.7 Å². The van der Waals surface area contributed by atoms with Gasteiger partial charge in [0.15, 0.2) is 8.32 Å². The molecule has 0 aromatic rings. The molecule has 15 nitrogen and oxygen atoms in total. The van der Waals surface area contributed by atoms with E-state index in [-0.39, 0.29) is 38.4 Å². The second kappa shape index (κ2) is 19.3. The Morgan fingerprint density at radius 2 is 1.15 bits per heavy atom. The van der Waals surface area contributed by atoms with Gasteiger partial charge in [0.25, 0.3) is 0 Å². The molecule has 1 aliphatic rings. The van der Waals surface area contributed by atoms with E-state index in [9.17, 15) is 34.5 Å². The summed E-state index contributed by atoms with van der Waals surface area (Å²) in [6.45, 7) is 17.0. The van der Waals surface area contributed by atoms with E-state index >= 15 is 0 Å². The van der Waals surface area contributed by atoms with E-state index < -0.39 is 75.1 Å². The average Bonchev–Trinajstić information content (AvgIpc) is 2.85. The third-order valence-corrected chi connectivity index (χ3v) is 33.9. The summed E-state index contributed by atoms with van der Waals surface area (Å²) in [5, 5.41) is 29.8. The molecule has 7 N–H and O–H groups in total. The predicted molar refractivity (Wildman–Crippen MR) is 184 cm³/mol. The molecule has 1 saturated carbocycles. The molecule has 0 spiro atoms. The summed E-state index contributed by atoms with van der Waals surface area (Å²) in [6.07, 6.45) is 0.108. The molecule has 0 aromatic heterocycles. The maximum atomic E-state index is 11.0. The highest BCUT2D eigenvalue weighted by Crippen LogP contribution is 2.32. The Kier molecular flexibility index (Phi) is 18.8. The van der Waals surface area contributed by atoms with Gasteiger partial charge in [0.2, 0.25) is 7.83 Å². The lowest BCUT2D eigenvalue weighted by Gasteiger charge is -2.47. The van der Waals surface area contributed by atoms with Gasteiger partial charge in [-0.15, -0.1) is 0 Å². The number of unbranched alkanes of at least 4 members (excludes halogenated alkanes) is 1. The van der Waals surface area contributed by atoms with Crippen LogP contribution in [-0.4, -0.2) is 155 Å². The Balaban J connectivity index is 2.77. The minimum Gasteiger partial charge on any atom is -0.437 e. The zero-order chi connectivity index (χ0) is 35.5. The van der Waals surface area contributed by atoms with Gasteiger partial charge in [-0.25, -0.2) is 0 Å². The summed E-state index contributed by atoms with van der Waals surface area (Å²) in [5.41, 5.74) is 0. The van der Waals surface area contributed by atoms with Crippen molar-refractivity contribution in [3.05, 3.63) is 0 Å². The van der Waals surface area contributed by atoms with Crippen LogP contribution in [0.2, 0.25) is 52.4 Å². The smallest absolute Gasteiger partial charge is 0.437 e. The monoisotopic (exact) mass is 770 g/mol. The number of aliphatic hydroxyl groups excluding tert-OH is 3. The molecule has 46 heavy (non-hydrogen) atoms. The van der Waals surface area contributed by atoms with Crippen molar-refractivity contribution in [3.8, 4) is 0 Å². The van der Waals surface area contributed by atoms with Gasteiger partial charge in [-0.05, 0) is 71.6 Å². The van der Waals surface area contributed by atoms with E-state index in [0.717, 1.165) is 25.7 Å². The largest absolute Gasteiger partial charge is 0.513 e. The molecule has 0 radical (unpaired) electrons. The molecular formula is C25H62O15Si6. The van der Waals surface area contributed by atoms with Crippen molar-refractivity contribution in [3.63, 3.8) is 0 Å². The molecule has 0 aliphatic heterocycles. The number of aliphatic hydroxyl groups is 3. The van der Waals surface area contributed by atoms with Gasteiger partial charge in [0, 0.05) is 12.5 Å². The minimum absolute atomic E-state index is 0.0201. The topological polar surface area (TPSA) is 215 Å². The van der Waals surface area contributed by atoms with Crippen LogP contribution in [-0.2, 0) is 35.4 Å². The average molecular weight is 771 g/mol. The van der Waals surface area contributed by atoms with Crippen LogP contribution < -0.4 is 0 Å². The van der Waals surface area contributed by atoms with E-state index in [0.29, 0.717) is 13.2 Å². The molecule has 0 saturated heterocycles. The first-order valence-corrected chi connectivity index (χ1v) is 32.4. The molecule has 1 rings (SSSR count). The van der Waals surface area contributed by atoms with Crippen LogP contribution in [0.4, 0.5) is 0 Å². The second-order valence-corrected chi connectivity index (χ2v) is 39.2. The van der Waals surface area contributed by atoms with Gasteiger partial charge >= 0.3 is 34.2 Å². The molecule has 0 amide bonds. The molecule has 0 heterocycles. The third-order valence-electron chi connectivity index (χ3n) is 7.04. The maximum absolute atomic E-state index is 11.0. The van der Waals surface area contributed by atoms with Crippen molar-refractivity contribution in [2.24, 2.45) is 5.92 Å². The number of hydrogen-bond donors (Lipinski definition) is 7. The molecule has 5 atom stereocenters. The third kappa shape index (κ3) is 18.1. The van der Waals surface area contributed by atoms with Crippen LogP contribution in [0.25, 0.3) is 0 Å². The lowest BCUT2D eigenvalue weighted by molar-refractivity contribution is -0.0627. The number of ether oxygens (including phenoxy) is 4. The van der Waals surface area contributed by atoms with Crippen molar-refractivity contribution in [2.45, 2.75) is 103 Å². The summed E-state index contributed by atoms with van der Waals surface area (Å²) in [6, 6.07) is 0. The molecule has 0 aromatic carbocycles. The normalized spacial score (nSPS) is 21.1. The van der Waals surface area contributed by atoms with Crippen molar-refractivity contribution in [1.82, 2.24) is 0 Å². The Labute approximate surface area is 281 Å². The zero-order valence-corrected chi connectivity index (χ0v) is 35.2. The fraction of sp³-hybridized carbons (Fsp3) is 1.00. The van der Waals surface area contributed by atoms with E-state index in [1.54, 1.807) is 19.6 Å². The predicted octanol–water partition coefficient (Wildman–Crippen LogP) is 0.230. The van der Waals surface area contributed by atoms with Gasteiger partial charge in [0.05, 0.1) is 39.1 Å². The SMILES string of the molecule is CCCCOCC(O)COC[Si](O)(O)O[Si](C)(C)O[Si](C)(C)[Si](C)(O[Si](C)(C)C)O[Si](O)(O)COCC(O)COCC1CCC1O. The highest BCUT2D eigenvalue weighted by molar-refractivity contribution is 7.36. The minimum atomic E-state index is -4.50. The van der Waals surface area contributed by atoms with Crippen LogP contribution in [0.1, 0.15) is 32.6 Å². The van der Waals surface area contributed by atoms with E-state index in [1.165, 1.54) is 0 Å². The summed E-state index contributed by atoms with van der Waals surface area (Å²) in [4.78, 5) is 43.2. The van der Waals surface area contributed by atoms with Crippen LogP contribution in [0.3, 0.4) is 0 Å². The molecule has 5 unspecified atom stereocenters. The van der Waals surface area contributed by atoms with Gasteiger partial charge in [-0.3, -0.25) is 0 Å². The first-order chi connectivity index (χ1) is 20.9. The lowest BCUT2D eigenvalue weighted by atomic mass is 9.83. The highest BCUT2D eigenvalue weighted by atomic mass is 29.3. The molecule has 276 valence electrons. The van der Waals surface area contributed by atoms with E-state index in [4.69, 9.17) is 35.4 Å². The summed E-state index contributed by atoms with van der Waals surface area (Å²) < 4.78 is 46.4. The number of rotatable bonds is 26. The fourth-order valence-electron chi connectivity index (χ4n) is 4.66. The summed E-state index contributed by atoms with van der Waals surface area (Å²) >= 11 is 0. The Hall–Kier alpha value is 0.701. The first-order valence-electron chi connectivity index (χ1n) is 16.0. The first kappa shape index (κ1) is 44.7.